The topological polar surface area (TPSA) is 45.5 Å². The molecule has 6 heteroatoms. The Labute approximate surface area is 381 Å². The minimum absolute atomic E-state index is 0.551. The van der Waals surface area contributed by atoms with Gasteiger partial charge in [0.2, 0.25) is 5.95 Å². The fraction of sp³-hybridized carbons (Fsp3) is 0. The van der Waals surface area contributed by atoms with E-state index in [0.717, 1.165) is 106 Å². The molecule has 0 atom stereocenters. The molecule has 0 saturated carbocycles. The van der Waals surface area contributed by atoms with Crippen LogP contribution in [0.2, 0.25) is 0 Å². The summed E-state index contributed by atoms with van der Waals surface area (Å²) in [6.45, 7) is 0. The van der Waals surface area contributed by atoms with Crippen molar-refractivity contribution in [1.29, 1.82) is 0 Å². The Hall–Kier alpha value is -9.00. The van der Waals surface area contributed by atoms with Crippen LogP contribution in [0.1, 0.15) is 0 Å². The van der Waals surface area contributed by atoms with E-state index in [1.54, 1.807) is 0 Å². The summed E-state index contributed by atoms with van der Waals surface area (Å²) in [5.74, 6) is 2.03. The molecule has 5 aromatic heterocycles. The van der Waals surface area contributed by atoms with E-state index in [2.05, 4.69) is 261 Å². The highest BCUT2D eigenvalue weighted by molar-refractivity contribution is 5.96. The predicted octanol–water partition coefficient (Wildman–Crippen LogP) is 14.9. The van der Waals surface area contributed by atoms with Gasteiger partial charge in [0.15, 0.2) is 11.6 Å². The van der Waals surface area contributed by atoms with Crippen molar-refractivity contribution in [2.45, 2.75) is 0 Å². The smallest absolute Gasteiger partial charge is 0.238 e. The maximum Gasteiger partial charge on any atom is 0.238 e. The second-order valence-electron chi connectivity index (χ2n) is 16.7. The zero-order chi connectivity index (χ0) is 43.6. The van der Waals surface area contributed by atoms with E-state index in [1.165, 1.54) is 0 Å². The number of aromatic nitrogens is 6. The molecule has 0 N–H and O–H groups in total. The van der Waals surface area contributed by atoms with Crippen molar-refractivity contribution >= 4 is 43.6 Å². The molecule has 0 saturated heterocycles. The molecule has 66 heavy (non-hydrogen) atoms. The quantitative estimate of drug-likeness (QED) is 0.153. The van der Waals surface area contributed by atoms with E-state index >= 15 is 0 Å². The van der Waals surface area contributed by atoms with Crippen LogP contribution < -0.4 is 0 Å². The summed E-state index contributed by atoms with van der Waals surface area (Å²) >= 11 is 0. The Bertz CT molecular complexity index is 3770. The summed E-state index contributed by atoms with van der Waals surface area (Å²) in [5, 5.41) is 4.43. The number of hydrogen-bond donors (Lipinski definition) is 0. The van der Waals surface area contributed by atoms with Crippen LogP contribution in [0.3, 0.4) is 0 Å². The molecule has 13 rings (SSSR count). The van der Waals surface area contributed by atoms with E-state index in [4.69, 9.17) is 9.97 Å². The summed E-state index contributed by atoms with van der Waals surface area (Å²) < 4.78 is 9.37. The van der Waals surface area contributed by atoms with Gasteiger partial charge in [-0.3, -0.25) is 13.7 Å². The normalized spacial score (nSPS) is 11.6. The van der Waals surface area contributed by atoms with Crippen molar-refractivity contribution in [2.75, 3.05) is 0 Å². The second kappa shape index (κ2) is 15.4. The molecule has 6 nitrogen and oxygen atoms in total. The Morgan fingerprint density at radius 2 is 0.500 bits per heavy atom. The zero-order valence-electron chi connectivity index (χ0n) is 35.8. The van der Waals surface area contributed by atoms with Crippen LogP contribution in [0.5, 0.6) is 0 Å². The third-order valence-corrected chi connectivity index (χ3v) is 12.8. The highest BCUT2D eigenvalue weighted by Crippen LogP contribution is 2.43. The first-order valence-corrected chi connectivity index (χ1v) is 22.3. The molecule has 0 radical (unpaired) electrons. The molecule has 8 aromatic carbocycles. The second-order valence-corrected chi connectivity index (χ2v) is 16.7. The minimum atomic E-state index is 0.551. The predicted molar refractivity (Wildman–Crippen MR) is 271 cm³/mol. The van der Waals surface area contributed by atoms with Crippen molar-refractivity contribution in [2.24, 2.45) is 0 Å². The van der Waals surface area contributed by atoms with Gasteiger partial charge in [0, 0.05) is 21.5 Å². The fourth-order valence-electron chi connectivity index (χ4n) is 9.85. The van der Waals surface area contributed by atoms with E-state index in [1.807, 2.05) is 0 Å². The van der Waals surface area contributed by atoms with Gasteiger partial charge < -0.3 is 4.57 Å². The standard InChI is InChI=1S/C60H40N6/c1-5-21-41(22-6-1)53-37-45-29-13-17-33-49(45)63(53)57-58(64-50-34-18-14-30-46(50)38-54(64)42-23-7-2-8-24-42)61-60(66-52-36-20-16-32-48(52)40-56(66)44-27-11-4-12-28-44)62-59(57)65-51-35-19-15-31-47(51)39-55(65)43-25-9-3-10-26-43/h1-40H. The molecule has 0 amide bonds. The van der Waals surface area contributed by atoms with Crippen LogP contribution in [0.25, 0.3) is 112 Å². The van der Waals surface area contributed by atoms with Gasteiger partial charge in [-0.1, -0.05) is 194 Å². The highest BCUT2D eigenvalue weighted by atomic mass is 15.3. The van der Waals surface area contributed by atoms with Crippen LogP contribution in [-0.2, 0) is 0 Å². The van der Waals surface area contributed by atoms with Gasteiger partial charge in [-0.2, -0.15) is 9.97 Å². The molecule has 13 aromatic rings. The average molecular weight is 845 g/mol. The van der Waals surface area contributed by atoms with Gasteiger partial charge in [0.05, 0.1) is 44.8 Å². The first-order chi connectivity index (χ1) is 32.8. The van der Waals surface area contributed by atoms with Gasteiger partial charge >= 0.3 is 0 Å². The summed E-state index contributed by atoms with van der Waals surface area (Å²) in [7, 11) is 0. The van der Waals surface area contributed by atoms with Gasteiger partial charge in [0.1, 0.15) is 5.69 Å². The van der Waals surface area contributed by atoms with Crippen LogP contribution in [0.4, 0.5) is 0 Å². The Balaban J connectivity index is 1.29. The molecule has 0 aliphatic rings. The number of fused-ring (bicyclic) bond motifs is 4. The van der Waals surface area contributed by atoms with E-state index < -0.39 is 0 Å². The molecular formula is C60H40N6. The largest absolute Gasteiger partial charge is 0.303 e. The Morgan fingerprint density at radius 1 is 0.242 bits per heavy atom. The average Bonchev–Trinajstić information content (AvgIpc) is 4.18. The Kier molecular flexibility index (Phi) is 8.74. The molecule has 0 spiro atoms. The number of benzene rings is 8. The monoisotopic (exact) mass is 844 g/mol. The maximum atomic E-state index is 5.96. The molecule has 0 unspecified atom stereocenters. The first-order valence-electron chi connectivity index (χ1n) is 22.3. The summed E-state index contributed by atoms with van der Waals surface area (Å²) in [4.78, 5) is 11.9. The lowest BCUT2D eigenvalue weighted by Gasteiger charge is -2.24. The fourth-order valence-corrected chi connectivity index (χ4v) is 9.85. The Morgan fingerprint density at radius 3 is 0.848 bits per heavy atom. The lowest BCUT2D eigenvalue weighted by Crippen LogP contribution is -2.17. The molecule has 310 valence electrons. The number of nitrogens with zero attached hydrogens (tertiary/aromatic N) is 6. The van der Waals surface area contributed by atoms with Crippen LogP contribution in [0, 0.1) is 0 Å². The lowest BCUT2D eigenvalue weighted by molar-refractivity contribution is 0.872. The van der Waals surface area contributed by atoms with E-state index in [0.29, 0.717) is 5.95 Å². The van der Waals surface area contributed by atoms with E-state index in [9.17, 15) is 0 Å². The van der Waals surface area contributed by atoms with Crippen LogP contribution in [-0.4, -0.2) is 28.2 Å². The summed E-state index contributed by atoms with van der Waals surface area (Å²) in [6.07, 6.45) is 0. The van der Waals surface area contributed by atoms with Crippen molar-refractivity contribution in [3.05, 3.63) is 243 Å². The number of hydrogen-bond acceptors (Lipinski definition) is 2. The number of para-hydroxylation sites is 4. The molecule has 0 aliphatic carbocycles. The maximum absolute atomic E-state index is 5.96. The van der Waals surface area contributed by atoms with Gasteiger partial charge in [-0.15, -0.1) is 0 Å². The van der Waals surface area contributed by atoms with Crippen molar-refractivity contribution in [3.63, 3.8) is 0 Å². The highest BCUT2D eigenvalue weighted by Gasteiger charge is 2.30. The summed E-state index contributed by atoms with van der Waals surface area (Å²) in [5.41, 5.74) is 13.3. The number of rotatable bonds is 8. The van der Waals surface area contributed by atoms with Crippen LogP contribution in [0.15, 0.2) is 243 Å². The van der Waals surface area contributed by atoms with Crippen LogP contribution >= 0.6 is 0 Å². The SMILES string of the molecule is c1ccc(-c2cc3ccccc3n2-c2nc(-n3c(-c4ccccc4)cc4ccccc43)c(-n3c(-c4ccccc4)cc4ccccc43)c(-n3c(-c4ccccc4)cc4ccccc43)n2)cc1. The molecule has 0 bridgehead atoms. The third-order valence-electron chi connectivity index (χ3n) is 12.8. The van der Waals surface area contributed by atoms with Gasteiger partial charge in [-0.05, 0) is 70.8 Å². The van der Waals surface area contributed by atoms with Crippen molar-refractivity contribution in [3.8, 4) is 68.3 Å². The third kappa shape index (κ3) is 6.04. The van der Waals surface area contributed by atoms with E-state index in [-0.39, 0.29) is 0 Å². The lowest BCUT2D eigenvalue weighted by atomic mass is 10.1. The molecule has 5 heterocycles. The van der Waals surface area contributed by atoms with Crippen molar-refractivity contribution in [1.82, 2.24) is 28.2 Å². The first kappa shape index (κ1) is 37.5. The molecular weight excluding hydrogens is 805 g/mol. The minimum Gasteiger partial charge on any atom is -0.303 e. The van der Waals surface area contributed by atoms with Crippen molar-refractivity contribution < 1.29 is 0 Å². The van der Waals surface area contributed by atoms with Gasteiger partial charge in [-0.25, -0.2) is 0 Å². The van der Waals surface area contributed by atoms with Gasteiger partial charge in [0.25, 0.3) is 0 Å². The zero-order valence-corrected chi connectivity index (χ0v) is 35.8. The molecule has 0 aliphatic heterocycles. The molecule has 0 fully saturated rings. The summed E-state index contributed by atoms with van der Waals surface area (Å²) in [6, 6.07) is 86.2.